The second-order valence-corrected chi connectivity index (χ2v) is 15.0. The van der Waals surface area contributed by atoms with Gasteiger partial charge in [0.05, 0.1) is 38.8 Å². The molecule has 4 nitrogen and oxygen atoms in total. The Bertz CT molecular complexity index is 3760. The molecule has 0 saturated heterocycles. The maximum Gasteiger partial charge on any atom is 0.160 e. The number of para-hydroxylation sites is 3. The largest absolute Gasteiger partial charge is 0.309 e. The summed E-state index contributed by atoms with van der Waals surface area (Å²) in [7, 11) is 0. The highest BCUT2D eigenvalue weighted by molar-refractivity contribution is 6.36. The molecule has 13 rings (SSSR count). The smallest absolute Gasteiger partial charge is 0.160 e. The summed E-state index contributed by atoms with van der Waals surface area (Å²) in [6, 6.07) is 65.9. The van der Waals surface area contributed by atoms with Crippen LogP contribution in [0.15, 0.2) is 182 Å². The summed E-state index contributed by atoms with van der Waals surface area (Å²) in [4.78, 5) is 10.4. The number of fused-ring (bicyclic) bond motifs is 13. The quantitative estimate of drug-likeness (QED) is 0.183. The zero-order chi connectivity index (χ0) is 36.5. The zero-order valence-electron chi connectivity index (χ0n) is 30.1. The molecule has 4 heteroatoms. The average molecular weight is 711 g/mol. The standard InChI is InChI=1S/C52H30N4/c1-2-12-33-27-36(22-21-31(33)11-1)50-39-16-5-8-18-43(39)53-52(54-50)32-23-25-37(26-24-32)55-46-29-35-14-4-3-13-34(35)28-42(46)48-47(55)30-41-38-15-6-9-19-44(38)56-45-20-10-7-17-40(45)49(48)51(41)56/h1-30H. The molecule has 0 aliphatic rings. The van der Waals surface area contributed by atoms with E-state index in [9.17, 15) is 0 Å². The van der Waals surface area contributed by atoms with Crippen LogP contribution in [0.4, 0.5) is 0 Å². The van der Waals surface area contributed by atoms with Gasteiger partial charge >= 0.3 is 0 Å². The number of aromatic nitrogens is 4. The third-order valence-corrected chi connectivity index (χ3v) is 12.0. The highest BCUT2D eigenvalue weighted by Crippen LogP contribution is 2.47. The molecule has 0 aliphatic heterocycles. The van der Waals surface area contributed by atoms with Crippen LogP contribution in [0.5, 0.6) is 0 Å². The Morgan fingerprint density at radius 2 is 0.982 bits per heavy atom. The normalized spacial score (nSPS) is 12.3. The second kappa shape index (κ2) is 11.0. The van der Waals surface area contributed by atoms with E-state index in [1.807, 2.05) is 0 Å². The van der Waals surface area contributed by atoms with E-state index in [-0.39, 0.29) is 0 Å². The van der Waals surface area contributed by atoms with Gasteiger partial charge in [0.15, 0.2) is 5.82 Å². The van der Waals surface area contributed by atoms with E-state index in [0.29, 0.717) is 5.82 Å². The summed E-state index contributed by atoms with van der Waals surface area (Å²) in [5.41, 5.74) is 11.2. The van der Waals surface area contributed by atoms with Gasteiger partial charge in [0.1, 0.15) is 0 Å². The minimum atomic E-state index is 0.714. The van der Waals surface area contributed by atoms with Crippen LogP contribution in [-0.4, -0.2) is 18.9 Å². The van der Waals surface area contributed by atoms with E-state index in [1.54, 1.807) is 0 Å². The summed E-state index contributed by atoms with van der Waals surface area (Å²) < 4.78 is 4.94. The van der Waals surface area contributed by atoms with Crippen molar-refractivity contribution in [2.24, 2.45) is 0 Å². The molecule has 9 aromatic carbocycles. The van der Waals surface area contributed by atoms with E-state index < -0.39 is 0 Å². The molecule has 0 N–H and O–H groups in total. The molecule has 0 saturated carbocycles. The molecular weight excluding hydrogens is 681 g/mol. The van der Waals surface area contributed by atoms with Crippen molar-refractivity contribution in [2.45, 2.75) is 0 Å². The number of hydrogen-bond acceptors (Lipinski definition) is 2. The Balaban J connectivity index is 1.07. The first-order chi connectivity index (χ1) is 27.8. The van der Waals surface area contributed by atoms with E-state index >= 15 is 0 Å². The minimum absolute atomic E-state index is 0.714. The van der Waals surface area contributed by atoms with Crippen LogP contribution in [0.2, 0.25) is 0 Å². The molecule has 258 valence electrons. The third kappa shape index (κ3) is 4.02. The fourth-order valence-electron chi connectivity index (χ4n) is 9.50. The number of rotatable bonds is 3. The van der Waals surface area contributed by atoms with Crippen molar-refractivity contribution in [2.75, 3.05) is 0 Å². The van der Waals surface area contributed by atoms with E-state index in [0.717, 1.165) is 33.4 Å². The molecule has 0 amide bonds. The molecule has 13 aromatic rings. The van der Waals surface area contributed by atoms with Crippen molar-refractivity contribution in [3.8, 4) is 28.3 Å². The van der Waals surface area contributed by atoms with Crippen molar-refractivity contribution in [1.82, 2.24) is 18.9 Å². The van der Waals surface area contributed by atoms with Gasteiger partial charge in [0, 0.05) is 54.5 Å². The molecule has 4 aromatic heterocycles. The average Bonchev–Trinajstić information content (AvgIpc) is 3.89. The summed E-state index contributed by atoms with van der Waals surface area (Å²) in [5.74, 6) is 0.714. The van der Waals surface area contributed by atoms with Crippen LogP contribution >= 0.6 is 0 Å². The van der Waals surface area contributed by atoms with Crippen LogP contribution < -0.4 is 0 Å². The first-order valence-corrected chi connectivity index (χ1v) is 19.2. The van der Waals surface area contributed by atoms with Gasteiger partial charge in [-0.2, -0.15) is 0 Å². The second-order valence-electron chi connectivity index (χ2n) is 15.0. The Kier molecular flexibility index (Phi) is 5.86. The van der Waals surface area contributed by atoms with Crippen molar-refractivity contribution in [3.05, 3.63) is 182 Å². The van der Waals surface area contributed by atoms with Crippen LogP contribution in [0.3, 0.4) is 0 Å². The van der Waals surface area contributed by atoms with E-state index in [2.05, 4.69) is 191 Å². The lowest BCUT2D eigenvalue weighted by atomic mass is 10.0. The van der Waals surface area contributed by atoms with Gasteiger partial charge in [-0.05, 0) is 88.3 Å². The van der Waals surface area contributed by atoms with Gasteiger partial charge in [-0.1, -0.05) is 115 Å². The summed E-state index contributed by atoms with van der Waals surface area (Å²) >= 11 is 0. The first-order valence-electron chi connectivity index (χ1n) is 19.2. The SMILES string of the molecule is c1ccc2cc(-c3nc(-c4ccc(-n5c6cc7ccccc7cc6c6c7c8ccccc8n8c9ccccc9c(cc65)c78)cc4)nc4ccccc34)ccc2c1. The molecule has 0 atom stereocenters. The number of hydrogen-bond donors (Lipinski definition) is 0. The van der Waals surface area contributed by atoms with Crippen LogP contribution in [0.1, 0.15) is 0 Å². The molecule has 0 unspecified atom stereocenters. The van der Waals surface area contributed by atoms with Crippen molar-refractivity contribution in [1.29, 1.82) is 0 Å². The number of benzene rings is 9. The monoisotopic (exact) mass is 710 g/mol. The van der Waals surface area contributed by atoms with Gasteiger partial charge in [-0.15, -0.1) is 0 Å². The fraction of sp³-hybridized carbons (Fsp3) is 0. The van der Waals surface area contributed by atoms with Gasteiger partial charge < -0.3 is 8.97 Å². The van der Waals surface area contributed by atoms with Crippen molar-refractivity contribution >= 4 is 92.3 Å². The van der Waals surface area contributed by atoms with Gasteiger partial charge in [0.25, 0.3) is 0 Å². The summed E-state index contributed by atoms with van der Waals surface area (Å²) in [6.07, 6.45) is 0. The Morgan fingerprint density at radius 1 is 0.357 bits per heavy atom. The highest BCUT2D eigenvalue weighted by atomic mass is 15.0. The van der Waals surface area contributed by atoms with Gasteiger partial charge in [0.2, 0.25) is 0 Å². The fourth-order valence-corrected chi connectivity index (χ4v) is 9.50. The lowest BCUT2D eigenvalue weighted by molar-refractivity contribution is 1.18. The van der Waals surface area contributed by atoms with Crippen LogP contribution in [-0.2, 0) is 0 Å². The lowest BCUT2D eigenvalue weighted by Crippen LogP contribution is -1.97. The Morgan fingerprint density at radius 3 is 1.79 bits per heavy atom. The lowest BCUT2D eigenvalue weighted by Gasteiger charge is -2.12. The van der Waals surface area contributed by atoms with Gasteiger partial charge in [-0.3, -0.25) is 0 Å². The molecule has 0 radical (unpaired) electrons. The van der Waals surface area contributed by atoms with E-state index in [4.69, 9.17) is 9.97 Å². The van der Waals surface area contributed by atoms with Crippen molar-refractivity contribution < 1.29 is 0 Å². The maximum atomic E-state index is 5.26. The topological polar surface area (TPSA) is 35.1 Å². The summed E-state index contributed by atoms with van der Waals surface area (Å²) in [6.45, 7) is 0. The predicted octanol–water partition coefficient (Wildman–Crippen LogP) is 13.5. The van der Waals surface area contributed by atoms with Crippen LogP contribution in [0.25, 0.3) is 121 Å². The number of nitrogens with zero attached hydrogens (tertiary/aromatic N) is 4. The van der Waals surface area contributed by atoms with Crippen molar-refractivity contribution in [3.63, 3.8) is 0 Å². The predicted molar refractivity (Wildman–Crippen MR) is 234 cm³/mol. The molecule has 4 heterocycles. The Hall–Kier alpha value is -7.56. The van der Waals surface area contributed by atoms with Crippen LogP contribution in [0, 0.1) is 0 Å². The first kappa shape index (κ1) is 29.8. The summed E-state index contributed by atoms with van der Waals surface area (Å²) in [5, 5.41) is 13.6. The van der Waals surface area contributed by atoms with Gasteiger partial charge in [-0.25, -0.2) is 9.97 Å². The molecular formula is C52H30N4. The third-order valence-electron chi connectivity index (χ3n) is 12.0. The highest BCUT2D eigenvalue weighted by Gasteiger charge is 2.24. The molecule has 0 spiro atoms. The molecule has 0 bridgehead atoms. The zero-order valence-corrected chi connectivity index (χ0v) is 30.1. The molecule has 56 heavy (non-hydrogen) atoms. The van der Waals surface area contributed by atoms with E-state index in [1.165, 1.54) is 81.4 Å². The minimum Gasteiger partial charge on any atom is -0.309 e. The Labute approximate surface area is 320 Å². The molecule has 0 aliphatic carbocycles. The maximum absolute atomic E-state index is 5.26. The molecule has 0 fully saturated rings.